The Hall–Kier alpha value is -8.00. The van der Waals surface area contributed by atoms with Crippen molar-refractivity contribution in [3.05, 3.63) is 18.2 Å². The second kappa shape index (κ2) is 37.2. The number of H-pyrrole nitrogens is 1. The molecule has 22 N–H and O–H groups in total. The van der Waals surface area contributed by atoms with Gasteiger partial charge in [0.15, 0.2) is 5.96 Å². The quantitative estimate of drug-likeness (QED) is 0.0166. The molecule has 0 radical (unpaired) electrons. The number of aromatic amines is 1. The first-order valence-corrected chi connectivity index (χ1v) is 27.4. The number of guanidine groups is 1. The van der Waals surface area contributed by atoms with Gasteiger partial charge in [0.2, 0.25) is 59.1 Å². The highest BCUT2D eigenvalue weighted by Crippen LogP contribution is 2.15. The molecule has 1 heterocycles. The second-order valence-electron chi connectivity index (χ2n) is 20.8. The summed E-state index contributed by atoms with van der Waals surface area (Å²) < 4.78 is 0. The minimum absolute atomic E-state index is 0.0195. The number of primary amides is 1. The predicted octanol–water partition coefficient (Wildman–Crippen LogP) is -5.31. The molecule has 468 valence electrons. The molecule has 32 nitrogen and oxygen atoms in total. The molecule has 0 aliphatic rings. The number of nitrogens with two attached hydrogens (primary N) is 4. The Morgan fingerprint density at radius 3 is 1.39 bits per heavy atom. The van der Waals surface area contributed by atoms with E-state index in [1.54, 1.807) is 55.4 Å². The van der Waals surface area contributed by atoms with Gasteiger partial charge in [0.05, 0.1) is 32.0 Å². The van der Waals surface area contributed by atoms with Crippen LogP contribution in [0.2, 0.25) is 0 Å². The van der Waals surface area contributed by atoms with Crippen molar-refractivity contribution >= 4 is 77.0 Å². The number of carbonyl (C=O) groups is 12. The summed E-state index contributed by atoms with van der Waals surface area (Å²) in [6.07, 6.45) is 1.59. The average Bonchev–Trinajstić information content (AvgIpc) is 4.02. The Bertz CT molecular complexity index is 2370. The number of aliphatic carboxylic acids is 2. The van der Waals surface area contributed by atoms with Crippen LogP contribution in [0.4, 0.5) is 0 Å². The third kappa shape index (κ3) is 26.2. The maximum Gasteiger partial charge on any atom is 0.326 e. The van der Waals surface area contributed by atoms with Crippen molar-refractivity contribution in [1.29, 1.82) is 0 Å². The third-order valence-electron chi connectivity index (χ3n) is 13.6. The van der Waals surface area contributed by atoms with Crippen LogP contribution in [0.15, 0.2) is 17.5 Å². The lowest BCUT2D eigenvalue weighted by Gasteiger charge is -2.30. The first-order chi connectivity index (χ1) is 38.9. The number of aromatic nitrogens is 2. The lowest BCUT2D eigenvalue weighted by atomic mass is 9.94. The van der Waals surface area contributed by atoms with E-state index in [2.05, 4.69) is 62.8 Å². The molecule has 0 unspecified atom stereocenters. The van der Waals surface area contributed by atoms with Crippen molar-refractivity contribution in [3.63, 3.8) is 0 Å². The maximum atomic E-state index is 14.1. The normalized spacial score (nSPS) is 15.9. The number of aliphatic hydroxyl groups is 2. The van der Waals surface area contributed by atoms with E-state index in [0.717, 1.165) is 0 Å². The van der Waals surface area contributed by atoms with Gasteiger partial charge in [-0.25, -0.2) is 9.78 Å². The molecular formula is C51H88N16O16. The highest BCUT2D eigenvalue weighted by atomic mass is 16.4. The van der Waals surface area contributed by atoms with E-state index in [9.17, 15) is 78.0 Å². The van der Waals surface area contributed by atoms with Gasteiger partial charge in [-0.2, -0.15) is 0 Å². The third-order valence-corrected chi connectivity index (χ3v) is 13.6. The number of amides is 10. The average molecular weight is 1180 g/mol. The van der Waals surface area contributed by atoms with E-state index in [1.165, 1.54) is 12.5 Å². The van der Waals surface area contributed by atoms with E-state index >= 15 is 0 Å². The van der Waals surface area contributed by atoms with Crippen LogP contribution in [0.25, 0.3) is 0 Å². The van der Waals surface area contributed by atoms with E-state index in [-0.39, 0.29) is 63.4 Å². The molecule has 0 aliphatic heterocycles. The summed E-state index contributed by atoms with van der Waals surface area (Å²) in [6.45, 7) is 11.2. The summed E-state index contributed by atoms with van der Waals surface area (Å²) in [5.41, 5.74) is 22.4. The smallest absolute Gasteiger partial charge is 0.326 e. The number of imidazole rings is 1. The van der Waals surface area contributed by atoms with Crippen molar-refractivity contribution in [1.82, 2.24) is 57.8 Å². The van der Waals surface area contributed by atoms with Gasteiger partial charge in [0, 0.05) is 31.3 Å². The molecule has 1 aromatic rings. The van der Waals surface area contributed by atoms with Crippen LogP contribution in [-0.2, 0) is 64.0 Å². The minimum Gasteiger partial charge on any atom is -0.481 e. The van der Waals surface area contributed by atoms with Crippen LogP contribution in [0, 0.1) is 23.7 Å². The van der Waals surface area contributed by atoms with Crippen molar-refractivity contribution in [2.45, 2.75) is 180 Å². The summed E-state index contributed by atoms with van der Waals surface area (Å²) >= 11 is 0. The number of carboxylic acids is 2. The Morgan fingerprint density at radius 1 is 0.554 bits per heavy atom. The van der Waals surface area contributed by atoms with Gasteiger partial charge in [-0.05, 0) is 49.4 Å². The van der Waals surface area contributed by atoms with Crippen LogP contribution in [-0.4, -0.2) is 188 Å². The van der Waals surface area contributed by atoms with Gasteiger partial charge in [0.25, 0.3) is 0 Å². The largest absolute Gasteiger partial charge is 0.481 e. The number of aliphatic imine (C=N–C) groups is 1. The molecule has 0 saturated heterocycles. The van der Waals surface area contributed by atoms with Crippen LogP contribution in [0.1, 0.15) is 119 Å². The number of nitrogens with one attached hydrogen (secondary N) is 10. The van der Waals surface area contributed by atoms with Crippen molar-refractivity contribution in [2.24, 2.45) is 51.6 Å². The summed E-state index contributed by atoms with van der Waals surface area (Å²) in [5, 5.41) is 62.0. The molecule has 1 aromatic heterocycles. The van der Waals surface area contributed by atoms with Crippen molar-refractivity contribution < 1.29 is 78.0 Å². The SMILES string of the molecule is CC[C@H](C)[C@H](NC(=O)[C@H](CC(C)C)NC(=O)[C@H](CC(=O)O)NC(=O)[C@H](CCCN=C(N)N)NC(=O)[C@H](CO)NC(=O)[C@@H](NC(=O)[C@@H](NC(=O)[C@@H](N)CCC(N)=O)[C@@H](C)CC)[C@@H](C)CC)C(=O)N[C@@H](CO)C(=O)N[C@@H](Cc1cnc[nH]1)C(=O)O. The highest BCUT2D eigenvalue weighted by molar-refractivity contribution is 5.99. The molecule has 0 aliphatic carbocycles. The number of hydrogen-bond acceptors (Lipinski definition) is 17. The molecule has 0 bridgehead atoms. The zero-order valence-electron chi connectivity index (χ0n) is 48.3. The minimum atomic E-state index is -1.94. The van der Waals surface area contributed by atoms with Gasteiger partial charge in [-0.15, -0.1) is 0 Å². The standard InChI is InChI=1S/C51H88N16O16/c1-9-25(6)38(47(79)64-35(22-69)46(78)62-33(50(82)83)18-28-20-56-23-58-28)66-44(76)31(17-24(4)5)60-43(75)32(19-37(71)72)61-42(74)30(13-12-16-57-51(54)55)59-45(77)34(21-68)63-48(80)39(26(7)10-2)67-49(81)40(27(8)11-3)65-41(73)29(52)14-15-36(53)70/h20,23-27,29-35,38-40,68-69H,9-19,21-22,52H2,1-8H3,(H2,53,70)(H,56,58)(H,59,77)(H,60,75)(H,61,74)(H,62,78)(H,63,80)(H,64,79)(H,65,73)(H,66,76)(H,67,81)(H,71,72)(H,82,83)(H4,54,55,57)/t25-,26-,27-,29-,30-,31-,32-,33-,34-,35-,38-,39-,40-/m0/s1. The number of hydrogen-bond donors (Lipinski definition) is 18. The van der Waals surface area contributed by atoms with Gasteiger partial charge >= 0.3 is 11.9 Å². The van der Waals surface area contributed by atoms with Gasteiger partial charge in [0.1, 0.15) is 54.4 Å². The molecule has 83 heavy (non-hydrogen) atoms. The predicted molar refractivity (Wildman–Crippen MR) is 298 cm³/mol. The first kappa shape index (κ1) is 73.0. The van der Waals surface area contributed by atoms with Crippen molar-refractivity contribution in [3.8, 4) is 0 Å². The fourth-order valence-corrected chi connectivity index (χ4v) is 7.97. The monoisotopic (exact) mass is 1180 g/mol. The number of rotatable bonds is 40. The Labute approximate surface area is 481 Å². The summed E-state index contributed by atoms with van der Waals surface area (Å²) in [5.74, 6) is -15.1. The van der Waals surface area contributed by atoms with E-state index in [1.807, 2.05) is 0 Å². The molecule has 0 saturated carbocycles. The lowest BCUT2D eigenvalue weighted by Crippen LogP contribution is -2.62. The zero-order valence-corrected chi connectivity index (χ0v) is 48.3. The zero-order chi connectivity index (χ0) is 63.3. The van der Waals surface area contributed by atoms with Crippen LogP contribution < -0.4 is 70.8 Å². The summed E-state index contributed by atoms with van der Waals surface area (Å²) in [6, 6.07) is -15.3. The first-order valence-electron chi connectivity index (χ1n) is 27.4. The Kier molecular flexibility index (Phi) is 32.7. The molecule has 0 fully saturated rings. The molecular weight excluding hydrogens is 1090 g/mol. The highest BCUT2D eigenvalue weighted by Gasteiger charge is 2.38. The van der Waals surface area contributed by atoms with Gasteiger partial charge in [-0.1, -0.05) is 74.7 Å². The van der Waals surface area contributed by atoms with E-state index in [0.29, 0.717) is 18.5 Å². The fourth-order valence-electron chi connectivity index (χ4n) is 7.97. The van der Waals surface area contributed by atoms with Gasteiger partial charge in [-0.3, -0.25) is 57.7 Å². The molecule has 10 amide bonds. The molecule has 32 heteroatoms. The number of carboxylic acid groups (broad SMARTS) is 2. The van der Waals surface area contributed by atoms with Crippen molar-refractivity contribution in [2.75, 3.05) is 19.8 Å². The second-order valence-corrected chi connectivity index (χ2v) is 20.8. The number of nitrogens with zero attached hydrogens (tertiary/aromatic N) is 2. The fraction of sp³-hybridized carbons (Fsp3) is 0.686. The van der Waals surface area contributed by atoms with Gasteiger partial charge < -0.3 is 96.2 Å². The van der Waals surface area contributed by atoms with E-state index in [4.69, 9.17) is 22.9 Å². The Balaban J connectivity index is 3.48. The van der Waals surface area contributed by atoms with Crippen LogP contribution >= 0.6 is 0 Å². The summed E-state index contributed by atoms with van der Waals surface area (Å²) in [4.78, 5) is 170. The van der Waals surface area contributed by atoms with Crippen LogP contribution in [0.3, 0.4) is 0 Å². The Morgan fingerprint density at radius 2 is 0.964 bits per heavy atom. The molecule has 13 atom stereocenters. The van der Waals surface area contributed by atoms with E-state index < -0.39 is 169 Å². The number of aliphatic hydroxyl groups excluding tert-OH is 2. The summed E-state index contributed by atoms with van der Waals surface area (Å²) in [7, 11) is 0. The number of carbonyl (C=O) groups excluding carboxylic acids is 10. The molecule has 1 rings (SSSR count). The maximum absolute atomic E-state index is 14.1. The van der Waals surface area contributed by atoms with Crippen LogP contribution in [0.5, 0.6) is 0 Å². The topological polar surface area (TPSA) is 539 Å². The molecule has 0 aromatic carbocycles. The lowest BCUT2D eigenvalue weighted by molar-refractivity contribution is -0.143. The molecule has 0 spiro atoms.